The summed E-state index contributed by atoms with van der Waals surface area (Å²) < 4.78 is 40.6. The molecule has 0 aliphatic carbocycles. The maximum atomic E-state index is 13.9. The minimum atomic E-state index is -1.67. The summed E-state index contributed by atoms with van der Waals surface area (Å²) in [5, 5.41) is 0. The van der Waals surface area contributed by atoms with Crippen LogP contribution < -0.4 is 11.2 Å². The van der Waals surface area contributed by atoms with Crippen LogP contribution in [0.5, 0.6) is 0 Å². The Kier molecular flexibility index (Phi) is 7.86. The molecule has 32 heavy (non-hydrogen) atoms. The highest BCUT2D eigenvalue weighted by molar-refractivity contribution is 5.68. The molecule has 1 fully saturated rings. The van der Waals surface area contributed by atoms with Crippen molar-refractivity contribution in [1.82, 2.24) is 9.55 Å². The number of rotatable bonds is 6. The summed E-state index contributed by atoms with van der Waals surface area (Å²) in [6.45, 7) is 3.63. The lowest BCUT2D eigenvalue weighted by Crippen LogP contribution is -2.61. The Morgan fingerprint density at radius 1 is 0.938 bits per heavy atom. The standard InChI is InChI=1S/C18H21FN2O11/c1-7(22)28-6-12-13(29-8(2)23)14(30-9(3)24)15(31-10(4)25)17(32-12)21-5-11(19)16(26)20-18(21)27/h5,12-15,17H,6H2,1-4H3,(H,20,26,27)/t12-,13+,14+,15+,17-/m1/s1. The van der Waals surface area contributed by atoms with Crippen molar-refractivity contribution in [2.45, 2.75) is 58.3 Å². The lowest BCUT2D eigenvalue weighted by Gasteiger charge is -2.44. The van der Waals surface area contributed by atoms with Crippen LogP contribution in [-0.2, 0) is 42.9 Å². The summed E-state index contributed by atoms with van der Waals surface area (Å²) in [4.78, 5) is 71.9. The van der Waals surface area contributed by atoms with Crippen LogP contribution in [0.3, 0.4) is 0 Å². The molecule has 0 aromatic carbocycles. The van der Waals surface area contributed by atoms with Crippen molar-refractivity contribution in [1.29, 1.82) is 0 Å². The van der Waals surface area contributed by atoms with Crippen LogP contribution in [-0.4, -0.2) is 64.5 Å². The molecule has 13 nitrogen and oxygen atoms in total. The van der Waals surface area contributed by atoms with Gasteiger partial charge in [0.05, 0.1) is 6.20 Å². The van der Waals surface area contributed by atoms with E-state index in [1.165, 1.54) is 0 Å². The average Bonchev–Trinajstić information content (AvgIpc) is 2.65. The third-order valence-electron chi connectivity index (χ3n) is 4.16. The molecule has 176 valence electrons. The SMILES string of the molecule is CC(=O)OC[C@H]1O[C@@H](n2cc(F)c(=O)[nH]c2=O)[C@@H](OC(C)=O)[C@@H](OC(C)=O)[C@H]1OC(C)=O. The Labute approximate surface area is 179 Å². The van der Waals surface area contributed by atoms with E-state index in [1.54, 1.807) is 4.98 Å². The average molecular weight is 460 g/mol. The van der Waals surface area contributed by atoms with Crippen molar-refractivity contribution in [3.05, 3.63) is 32.9 Å². The second-order valence-corrected chi connectivity index (χ2v) is 6.73. The third-order valence-corrected chi connectivity index (χ3v) is 4.16. The fourth-order valence-corrected chi connectivity index (χ4v) is 3.08. The molecular formula is C18H21FN2O11. The second-order valence-electron chi connectivity index (χ2n) is 6.73. The molecule has 0 radical (unpaired) electrons. The minimum Gasteiger partial charge on any atom is -0.463 e. The van der Waals surface area contributed by atoms with E-state index in [0.717, 1.165) is 27.7 Å². The number of aromatic amines is 1. The minimum absolute atomic E-state index is 0.502. The Morgan fingerprint density at radius 3 is 2.00 bits per heavy atom. The number of H-pyrrole nitrogens is 1. The number of nitrogens with zero attached hydrogens (tertiary/aromatic N) is 1. The van der Waals surface area contributed by atoms with E-state index in [9.17, 15) is 33.2 Å². The Bertz CT molecular complexity index is 1020. The highest BCUT2D eigenvalue weighted by Crippen LogP contribution is 2.34. The summed E-state index contributed by atoms with van der Waals surface area (Å²) >= 11 is 0. The van der Waals surface area contributed by atoms with Crippen molar-refractivity contribution in [3.8, 4) is 0 Å². The van der Waals surface area contributed by atoms with Gasteiger partial charge in [0.1, 0.15) is 12.7 Å². The molecule has 0 unspecified atom stereocenters. The number of hydrogen-bond donors (Lipinski definition) is 1. The van der Waals surface area contributed by atoms with Gasteiger partial charge in [0.15, 0.2) is 24.5 Å². The Balaban J connectivity index is 2.65. The second kappa shape index (κ2) is 10.2. The number of hydrogen-bond acceptors (Lipinski definition) is 11. The monoisotopic (exact) mass is 460 g/mol. The number of nitrogens with one attached hydrogen (secondary N) is 1. The van der Waals surface area contributed by atoms with Crippen molar-refractivity contribution < 1.29 is 47.3 Å². The molecule has 0 amide bonds. The normalized spacial score (nSPS) is 24.8. The highest BCUT2D eigenvalue weighted by Gasteiger charge is 2.53. The van der Waals surface area contributed by atoms with Gasteiger partial charge in [0, 0.05) is 27.7 Å². The van der Waals surface area contributed by atoms with Crippen LogP contribution in [0.2, 0.25) is 0 Å². The first kappa shape index (κ1) is 24.7. The van der Waals surface area contributed by atoms with Crippen LogP contribution in [0.25, 0.3) is 0 Å². The third kappa shape index (κ3) is 6.00. The largest absolute Gasteiger partial charge is 0.463 e. The molecule has 1 saturated heterocycles. The molecule has 2 heterocycles. The fourth-order valence-electron chi connectivity index (χ4n) is 3.08. The summed E-state index contributed by atoms with van der Waals surface area (Å²) in [6, 6.07) is 0. The molecular weight excluding hydrogens is 439 g/mol. The molecule has 14 heteroatoms. The maximum absolute atomic E-state index is 13.9. The van der Waals surface area contributed by atoms with Crippen LogP contribution in [0, 0.1) is 5.82 Å². The van der Waals surface area contributed by atoms with Gasteiger partial charge in [-0.1, -0.05) is 0 Å². The van der Waals surface area contributed by atoms with E-state index in [4.69, 9.17) is 23.7 Å². The van der Waals surface area contributed by atoms with Crippen molar-refractivity contribution in [2.75, 3.05) is 6.61 Å². The molecule has 1 aromatic heterocycles. The first-order valence-corrected chi connectivity index (χ1v) is 9.22. The van der Waals surface area contributed by atoms with Gasteiger partial charge in [-0.2, -0.15) is 4.39 Å². The molecule has 1 aliphatic heterocycles. The van der Waals surface area contributed by atoms with E-state index in [1.807, 2.05) is 0 Å². The molecule has 1 aliphatic rings. The highest BCUT2D eigenvalue weighted by atomic mass is 19.1. The van der Waals surface area contributed by atoms with E-state index in [-0.39, 0.29) is 0 Å². The molecule has 2 rings (SSSR count). The number of ether oxygens (including phenoxy) is 5. The quantitative estimate of drug-likeness (QED) is 0.405. The topological polar surface area (TPSA) is 169 Å². The lowest BCUT2D eigenvalue weighted by molar-refractivity contribution is -0.269. The zero-order valence-corrected chi connectivity index (χ0v) is 17.5. The first-order valence-electron chi connectivity index (χ1n) is 9.22. The predicted molar refractivity (Wildman–Crippen MR) is 98.5 cm³/mol. The van der Waals surface area contributed by atoms with Crippen LogP contribution in [0.15, 0.2) is 15.8 Å². The van der Waals surface area contributed by atoms with Crippen molar-refractivity contribution >= 4 is 23.9 Å². The summed E-state index contributed by atoms with van der Waals surface area (Å²) in [6.07, 6.45) is -7.14. The first-order chi connectivity index (χ1) is 14.9. The van der Waals surface area contributed by atoms with Gasteiger partial charge in [-0.15, -0.1) is 0 Å². The van der Waals surface area contributed by atoms with Crippen molar-refractivity contribution in [2.24, 2.45) is 0 Å². The zero-order chi connectivity index (χ0) is 24.2. The van der Waals surface area contributed by atoms with Crippen molar-refractivity contribution in [3.63, 3.8) is 0 Å². The fraction of sp³-hybridized carbons (Fsp3) is 0.556. The van der Waals surface area contributed by atoms with E-state index in [2.05, 4.69) is 0 Å². The molecule has 0 saturated carbocycles. The summed E-state index contributed by atoms with van der Waals surface area (Å²) in [5.74, 6) is -4.71. The molecule has 1 N–H and O–H groups in total. The number of carbonyl (C=O) groups excluding carboxylic acids is 4. The number of halogens is 1. The summed E-state index contributed by atoms with van der Waals surface area (Å²) in [5.41, 5.74) is -2.45. The predicted octanol–water partition coefficient (Wildman–Crippen LogP) is -1.07. The smallest absolute Gasteiger partial charge is 0.330 e. The lowest BCUT2D eigenvalue weighted by atomic mass is 9.97. The van der Waals surface area contributed by atoms with Gasteiger partial charge in [0.2, 0.25) is 5.82 Å². The number of carbonyl (C=O) groups is 4. The van der Waals surface area contributed by atoms with Crippen LogP contribution >= 0.6 is 0 Å². The Morgan fingerprint density at radius 2 is 1.47 bits per heavy atom. The van der Waals surface area contributed by atoms with Gasteiger partial charge in [-0.05, 0) is 0 Å². The zero-order valence-electron chi connectivity index (χ0n) is 17.5. The molecule has 0 spiro atoms. The van der Waals surface area contributed by atoms with Gasteiger partial charge >= 0.3 is 29.6 Å². The molecule has 5 atom stereocenters. The number of aromatic nitrogens is 2. The summed E-state index contributed by atoms with van der Waals surface area (Å²) in [7, 11) is 0. The Hall–Kier alpha value is -3.55. The van der Waals surface area contributed by atoms with Gasteiger partial charge in [-0.3, -0.25) is 33.5 Å². The molecule has 0 bridgehead atoms. The maximum Gasteiger partial charge on any atom is 0.330 e. The van der Waals surface area contributed by atoms with E-state index in [0.29, 0.717) is 10.8 Å². The van der Waals surface area contributed by atoms with Gasteiger partial charge in [0.25, 0.3) is 5.56 Å². The number of esters is 4. The molecule has 1 aromatic rings. The van der Waals surface area contributed by atoms with Gasteiger partial charge in [-0.25, -0.2) is 4.79 Å². The van der Waals surface area contributed by atoms with Crippen LogP contribution in [0.1, 0.15) is 33.9 Å². The van der Waals surface area contributed by atoms with E-state index >= 15 is 0 Å². The van der Waals surface area contributed by atoms with E-state index < -0.39 is 78.2 Å². The van der Waals surface area contributed by atoms with Crippen LogP contribution in [0.4, 0.5) is 4.39 Å². The van der Waals surface area contributed by atoms with Gasteiger partial charge < -0.3 is 23.7 Å².